The molecule has 0 radical (unpaired) electrons. The molecule has 4 nitrogen and oxygen atoms in total. The zero-order chi connectivity index (χ0) is 15.1. The molecule has 114 valence electrons. The second-order valence-electron chi connectivity index (χ2n) is 6.57. The van der Waals surface area contributed by atoms with E-state index in [-0.39, 0.29) is 11.5 Å². The van der Waals surface area contributed by atoms with E-state index < -0.39 is 0 Å². The Balaban J connectivity index is 2.27. The Hall–Kier alpha value is -1.58. The first-order chi connectivity index (χ1) is 10.0. The Morgan fingerprint density at radius 3 is 2.48 bits per heavy atom. The normalized spacial score (nSPS) is 17.0. The average Bonchev–Trinajstić information content (AvgIpc) is 2.72. The van der Waals surface area contributed by atoms with E-state index in [0.29, 0.717) is 17.3 Å². The monoisotopic (exact) mass is 288 g/mol. The summed E-state index contributed by atoms with van der Waals surface area (Å²) in [7, 11) is 0. The Kier molecular flexibility index (Phi) is 3.64. The smallest absolute Gasteiger partial charge is 0.348 e. The lowest BCUT2D eigenvalue weighted by Crippen LogP contribution is -2.15. The van der Waals surface area contributed by atoms with Crippen LogP contribution in [0, 0.1) is 13.8 Å². The Labute approximate surface area is 125 Å². The van der Waals surface area contributed by atoms with Gasteiger partial charge in [0.05, 0.1) is 0 Å². The van der Waals surface area contributed by atoms with E-state index in [0.717, 1.165) is 16.9 Å². The molecular formula is C17H24N2O2. The molecule has 1 aliphatic carbocycles. The van der Waals surface area contributed by atoms with Crippen molar-refractivity contribution in [3.8, 4) is 0 Å². The van der Waals surface area contributed by atoms with Gasteiger partial charge >= 0.3 is 5.63 Å². The van der Waals surface area contributed by atoms with Gasteiger partial charge < -0.3 is 8.98 Å². The fourth-order valence-corrected chi connectivity index (χ4v) is 3.47. The number of fused-ring (bicyclic) bond motifs is 1. The third-order valence-electron chi connectivity index (χ3n) is 4.78. The molecule has 0 aromatic carbocycles. The fourth-order valence-electron chi connectivity index (χ4n) is 3.47. The highest BCUT2D eigenvalue weighted by atomic mass is 16.4. The number of hydrogen-bond acceptors (Lipinski definition) is 3. The van der Waals surface area contributed by atoms with Crippen LogP contribution in [0.1, 0.15) is 75.1 Å². The summed E-state index contributed by atoms with van der Waals surface area (Å²) in [6.07, 6.45) is 6.22. The van der Waals surface area contributed by atoms with Gasteiger partial charge in [-0.1, -0.05) is 33.1 Å². The van der Waals surface area contributed by atoms with Crippen molar-refractivity contribution >= 4 is 11.0 Å². The Bertz CT molecular complexity index is 718. The van der Waals surface area contributed by atoms with Crippen molar-refractivity contribution in [2.75, 3.05) is 0 Å². The highest BCUT2D eigenvalue weighted by molar-refractivity contribution is 5.80. The van der Waals surface area contributed by atoms with Crippen LogP contribution in [0.25, 0.3) is 11.0 Å². The maximum Gasteiger partial charge on any atom is 0.348 e. The van der Waals surface area contributed by atoms with Crippen LogP contribution in [-0.2, 0) is 0 Å². The van der Waals surface area contributed by atoms with E-state index in [1.54, 1.807) is 0 Å². The van der Waals surface area contributed by atoms with Crippen molar-refractivity contribution in [1.29, 1.82) is 0 Å². The maximum absolute atomic E-state index is 12.4. The minimum Gasteiger partial charge on any atom is -0.407 e. The van der Waals surface area contributed by atoms with Crippen LogP contribution in [0.3, 0.4) is 0 Å². The Morgan fingerprint density at radius 1 is 1.19 bits per heavy atom. The van der Waals surface area contributed by atoms with Gasteiger partial charge in [0.25, 0.3) is 0 Å². The van der Waals surface area contributed by atoms with Gasteiger partial charge in [0.2, 0.25) is 5.89 Å². The van der Waals surface area contributed by atoms with Crippen LogP contribution in [0.4, 0.5) is 0 Å². The predicted molar refractivity (Wildman–Crippen MR) is 84.0 cm³/mol. The molecule has 0 saturated heterocycles. The van der Waals surface area contributed by atoms with Crippen molar-refractivity contribution in [3.63, 3.8) is 0 Å². The van der Waals surface area contributed by atoms with Gasteiger partial charge in [-0.3, -0.25) is 0 Å². The molecule has 0 N–H and O–H groups in total. The first-order valence-electron chi connectivity index (χ1n) is 8.02. The van der Waals surface area contributed by atoms with Crippen LogP contribution in [0.15, 0.2) is 9.21 Å². The van der Waals surface area contributed by atoms with E-state index in [9.17, 15) is 4.79 Å². The maximum atomic E-state index is 12.4. The van der Waals surface area contributed by atoms with E-state index in [4.69, 9.17) is 4.42 Å². The molecule has 2 aromatic heterocycles. The highest BCUT2D eigenvalue weighted by Crippen LogP contribution is 2.34. The van der Waals surface area contributed by atoms with Gasteiger partial charge in [-0.05, 0) is 32.3 Å². The summed E-state index contributed by atoms with van der Waals surface area (Å²) in [6.45, 7) is 8.11. The summed E-state index contributed by atoms with van der Waals surface area (Å²) < 4.78 is 7.71. The standard InChI is InChI=1S/C17H24N2O2/c1-10(2)16-18-15-14(17(20)21-16)11(3)12(4)19(15)13-8-6-5-7-9-13/h10,13H,5-9H2,1-4H3. The van der Waals surface area contributed by atoms with E-state index in [1.807, 2.05) is 20.8 Å². The molecule has 21 heavy (non-hydrogen) atoms. The van der Waals surface area contributed by atoms with E-state index in [1.165, 1.54) is 32.1 Å². The third-order valence-corrected chi connectivity index (χ3v) is 4.78. The molecule has 0 bridgehead atoms. The van der Waals surface area contributed by atoms with Crippen molar-refractivity contribution in [2.24, 2.45) is 0 Å². The molecule has 1 aliphatic rings. The molecule has 2 aromatic rings. The Morgan fingerprint density at radius 2 is 1.86 bits per heavy atom. The lowest BCUT2D eigenvalue weighted by molar-refractivity contribution is 0.353. The number of aromatic nitrogens is 2. The first-order valence-corrected chi connectivity index (χ1v) is 8.02. The van der Waals surface area contributed by atoms with Crippen LogP contribution >= 0.6 is 0 Å². The fraction of sp³-hybridized carbons (Fsp3) is 0.647. The van der Waals surface area contributed by atoms with Crippen molar-refractivity contribution in [1.82, 2.24) is 9.55 Å². The third kappa shape index (κ3) is 2.30. The van der Waals surface area contributed by atoms with Crippen molar-refractivity contribution < 1.29 is 4.42 Å². The summed E-state index contributed by atoms with van der Waals surface area (Å²) in [5.74, 6) is 0.666. The number of nitrogens with zero attached hydrogens (tertiary/aromatic N) is 2. The minimum absolute atomic E-state index is 0.123. The molecule has 0 unspecified atom stereocenters. The lowest BCUT2D eigenvalue weighted by Gasteiger charge is -2.25. The molecular weight excluding hydrogens is 264 g/mol. The van der Waals surface area contributed by atoms with Gasteiger partial charge in [0.15, 0.2) is 5.65 Å². The van der Waals surface area contributed by atoms with Gasteiger partial charge in [-0.25, -0.2) is 4.79 Å². The van der Waals surface area contributed by atoms with Crippen molar-refractivity contribution in [2.45, 2.75) is 71.8 Å². The highest BCUT2D eigenvalue weighted by Gasteiger charge is 2.24. The number of rotatable bonds is 2. The average molecular weight is 288 g/mol. The topological polar surface area (TPSA) is 48.0 Å². The molecule has 1 saturated carbocycles. The lowest BCUT2D eigenvalue weighted by atomic mass is 9.95. The van der Waals surface area contributed by atoms with Gasteiger partial charge in [-0.2, -0.15) is 4.98 Å². The second kappa shape index (κ2) is 5.32. The van der Waals surface area contributed by atoms with Crippen LogP contribution in [-0.4, -0.2) is 9.55 Å². The minimum atomic E-state index is -0.237. The van der Waals surface area contributed by atoms with Crippen LogP contribution in [0.2, 0.25) is 0 Å². The zero-order valence-corrected chi connectivity index (χ0v) is 13.4. The molecule has 0 amide bonds. The molecule has 2 heterocycles. The summed E-state index contributed by atoms with van der Waals surface area (Å²) in [5, 5.41) is 0.669. The zero-order valence-electron chi connectivity index (χ0n) is 13.4. The quantitative estimate of drug-likeness (QED) is 0.830. The van der Waals surface area contributed by atoms with Gasteiger partial charge in [0, 0.05) is 17.7 Å². The van der Waals surface area contributed by atoms with Gasteiger partial charge in [0.1, 0.15) is 5.39 Å². The SMILES string of the molecule is Cc1c(C)n(C2CCCCC2)c2nc(C(C)C)oc(=O)c12. The van der Waals surface area contributed by atoms with Gasteiger partial charge in [-0.15, -0.1) is 0 Å². The summed E-state index contributed by atoms with van der Waals surface area (Å²) in [4.78, 5) is 17.0. The molecule has 1 fully saturated rings. The van der Waals surface area contributed by atoms with Crippen molar-refractivity contribution in [3.05, 3.63) is 27.6 Å². The summed E-state index contributed by atoms with van der Waals surface area (Å²) in [6, 6.07) is 0.476. The predicted octanol–water partition coefficient (Wildman–Crippen LogP) is 4.23. The van der Waals surface area contributed by atoms with E-state index in [2.05, 4.69) is 16.5 Å². The molecule has 3 rings (SSSR count). The number of aryl methyl sites for hydroxylation is 1. The summed E-state index contributed by atoms with van der Waals surface area (Å²) >= 11 is 0. The van der Waals surface area contributed by atoms with Crippen LogP contribution in [0.5, 0.6) is 0 Å². The molecule has 0 aliphatic heterocycles. The molecule has 4 heteroatoms. The first kappa shape index (κ1) is 14.4. The number of hydrogen-bond donors (Lipinski definition) is 0. The second-order valence-corrected chi connectivity index (χ2v) is 6.57. The van der Waals surface area contributed by atoms with Crippen LogP contribution < -0.4 is 5.63 Å². The summed E-state index contributed by atoms with van der Waals surface area (Å²) in [5.41, 5.74) is 2.78. The largest absolute Gasteiger partial charge is 0.407 e. The molecule has 0 atom stereocenters. The van der Waals surface area contributed by atoms with E-state index >= 15 is 0 Å². The molecule has 0 spiro atoms.